The number of carbonyl (C=O) groups is 1. The van der Waals surface area contributed by atoms with Gasteiger partial charge in [-0.1, -0.05) is 24.3 Å². The van der Waals surface area contributed by atoms with Gasteiger partial charge in [-0.25, -0.2) is 8.78 Å². The monoisotopic (exact) mass is 333 g/mol. The van der Waals surface area contributed by atoms with E-state index in [4.69, 9.17) is 4.74 Å². The van der Waals surface area contributed by atoms with E-state index >= 15 is 0 Å². The Balaban J connectivity index is 1.69. The van der Waals surface area contributed by atoms with Gasteiger partial charge in [0.15, 0.2) is 11.6 Å². The number of hydrogen-bond acceptors (Lipinski definition) is 3. The van der Waals surface area contributed by atoms with Gasteiger partial charge in [-0.3, -0.25) is 4.79 Å². The molecular weight excluding hydrogens is 316 g/mol. The van der Waals surface area contributed by atoms with Gasteiger partial charge in [0.1, 0.15) is 18.3 Å². The molecule has 1 heterocycles. The highest BCUT2D eigenvalue weighted by Crippen LogP contribution is 2.33. The molecule has 0 spiro atoms. The molecule has 3 atom stereocenters. The summed E-state index contributed by atoms with van der Waals surface area (Å²) in [5, 5.41) is 13.0. The van der Waals surface area contributed by atoms with Gasteiger partial charge in [-0.05, 0) is 30.7 Å². The van der Waals surface area contributed by atoms with Crippen molar-refractivity contribution >= 4 is 5.91 Å². The number of ether oxygens (including phenoxy) is 1. The van der Waals surface area contributed by atoms with Crippen LogP contribution in [-0.2, 0) is 4.79 Å². The Bertz CT molecular complexity index is 766. The average Bonchev–Trinajstić information content (AvgIpc) is 3.00. The van der Waals surface area contributed by atoms with E-state index in [0.29, 0.717) is 5.75 Å². The molecule has 0 aliphatic carbocycles. The predicted octanol–water partition coefficient (Wildman–Crippen LogP) is 2.68. The third-order valence-corrected chi connectivity index (χ3v) is 4.15. The lowest BCUT2D eigenvalue weighted by molar-refractivity contribution is -0.124. The van der Waals surface area contributed by atoms with Crippen LogP contribution in [0.1, 0.15) is 30.1 Å². The van der Waals surface area contributed by atoms with E-state index in [0.717, 1.165) is 17.7 Å². The van der Waals surface area contributed by atoms with E-state index in [2.05, 4.69) is 5.32 Å². The van der Waals surface area contributed by atoms with Gasteiger partial charge >= 0.3 is 0 Å². The Morgan fingerprint density at radius 2 is 2.00 bits per heavy atom. The Morgan fingerprint density at radius 1 is 1.25 bits per heavy atom. The number of benzene rings is 2. The van der Waals surface area contributed by atoms with E-state index in [9.17, 15) is 18.7 Å². The van der Waals surface area contributed by atoms with Crippen LogP contribution in [-0.4, -0.2) is 23.7 Å². The standard InChI is InChI=1S/C18H17F2NO3/c1-10(17(22)11-6-7-14(19)15(20)8-11)21-18(23)13-9-24-16-5-3-2-4-12(13)16/h2-8,10,13,17,22H,9H2,1H3,(H,21,23). The largest absolute Gasteiger partial charge is 0.492 e. The zero-order chi connectivity index (χ0) is 17.3. The number of para-hydroxylation sites is 1. The minimum Gasteiger partial charge on any atom is -0.492 e. The molecule has 0 saturated heterocycles. The Labute approximate surface area is 138 Å². The first kappa shape index (κ1) is 16.4. The number of amides is 1. The molecule has 3 rings (SSSR count). The second kappa shape index (κ2) is 6.57. The SMILES string of the molecule is CC(NC(=O)C1COc2ccccc21)C(O)c1ccc(F)c(F)c1. The summed E-state index contributed by atoms with van der Waals surface area (Å²) < 4.78 is 31.7. The van der Waals surface area contributed by atoms with Crippen molar-refractivity contribution in [3.8, 4) is 5.75 Å². The molecule has 3 unspecified atom stereocenters. The van der Waals surface area contributed by atoms with Crippen LogP contribution in [0, 0.1) is 11.6 Å². The van der Waals surface area contributed by atoms with Crippen molar-refractivity contribution in [2.75, 3.05) is 6.61 Å². The highest BCUT2D eigenvalue weighted by Gasteiger charge is 2.31. The third kappa shape index (κ3) is 3.10. The molecule has 4 nitrogen and oxygen atoms in total. The number of carbonyl (C=O) groups excluding carboxylic acids is 1. The molecule has 0 saturated carbocycles. The van der Waals surface area contributed by atoms with Crippen molar-refractivity contribution < 1.29 is 23.4 Å². The van der Waals surface area contributed by atoms with Crippen LogP contribution in [0.15, 0.2) is 42.5 Å². The van der Waals surface area contributed by atoms with Gasteiger partial charge in [0.2, 0.25) is 5.91 Å². The first-order chi connectivity index (χ1) is 11.5. The number of hydrogen-bond donors (Lipinski definition) is 2. The lowest BCUT2D eigenvalue weighted by Crippen LogP contribution is -2.40. The van der Waals surface area contributed by atoms with Crippen molar-refractivity contribution in [3.63, 3.8) is 0 Å². The van der Waals surface area contributed by atoms with Gasteiger partial charge in [0.25, 0.3) is 0 Å². The molecule has 0 fully saturated rings. The van der Waals surface area contributed by atoms with Crippen LogP contribution < -0.4 is 10.1 Å². The van der Waals surface area contributed by atoms with Crippen LogP contribution in [0.4, 0.5) is 8.78 Å². The number of aliphatic hydroxyl groups excluding tert-OH is 1. The van der Waals surface area contributed by atoms with Crippen molar-refractivity contribution in [2.45, 2.75) is 25.0 Å². The number of halogens is 2. The first-order valence-electron chi connectivity index (χ1n) is 7.62. The molecule has 2 aromatic rings. The maximum Gasteiger partial charge on any atom is 0.231 e. The van der Waals surface area contributed by atoms with Crippen molar-refractivity contribution in [1.82, 2.24) is 5.32 Å². The second-order valence-corrected chi connectivity index (χ2v) is 5.82. The smallest absolute Gasteiger partial charge is 0.231 e. The number of fused-ring (bicyclic) bond motifs is 1. The molecule has 0 bridgehead atoms. The predicted molar refractivity (Wildman–Crippen MR) is 83.6 cm³/mol. The summed E-state index contributed by atoms with van der Waals surface area (Å²) in [6.45, 7) is 1.84. The third-order valence-electron chi connectivity index (χ3n) is 4.15. The Morgan fingerprint density at radius 3 is 2.75 bits per heavy atom. The van der Waals surface area contributed by atoms with E-state index < -0.39 is 29.7 Å². The van der Waals surface area contributed by atoms with Gasteiger partial charge in [0, 0.05) is 5.56 Å². The zero-order valence-electron chi connectivity index (χ0n) is 13.0. The van der Waals surface area contributed by atoms with E-state index in [1.54, 1.807) is 13.0 Å². The maximum atomic E-state index is 13.3. The van der Waals surface area contributed by atoms with Gasteiger partial charge in [-0.2, -0.15) is 0 Å². The van der Waals surface area contributed by atoms with Gasteiger partial charge < -0.3 is 15.2 Å². The molecule has 0 aromatic heterocycles. The Hall–Kier alpha value is -2.47. The first-order valence-corrected chi connectivity index (χ1v) is 7.62. The van der Waals surface area contributed by atoms with Gasteiger partial charge in [0.05, 0.1) is 12.1 Å². The molecule has 1 aliphatic rings. The normalized spacial score (nSPS) is 18.4. The minimum atomic E-state index is -1.15. The summed E-state index contributed by atoms with van der Waals surface area (Å²) in [7, 11) is 0. The molecule has 6 heteroatoms. The molecule has 2 N–H and O–H groups in total. The fraction of sp³-hybridized carbons (Fsp3) is 0.278. The summed E-state index contributed by atoms with van der Waals surface area (Å²) in [5.74, 6) is -2.09. The van der Waals surface area contributed by atoms with Crippen molar-refractivity contribution in [3.05, 3.63) is 65.2 Å². The van der Waals surface area contributed by atoms with Gasteiger partial charge in [-0.15, -0.1) is 0 Å². The molecule has 24 heavy (non-hydrogen) atoms. The lowest BCUT2D eigenvalue weighted by Gasteiger charge is -2.22. The molecule has 2 aromatic carbocycles. The van der Waals surface area contributed by atoms with E-state index in [1.165, 1.54) is 6.07 Å². The summed E-state index contributed by atoms with van der Waals surface area (Å²) >= 11 is 0. The summed E-state index contributed by atoms with van der Waals surface area (Å²) in [6.07, 6.45) is -1.15. The fourth-order valence-electron chi connectivity index (χ4n) is 2.77. The highest BCUT2D eigenvalue weighted by atomic mass is 19.2. The quantitative estimate of drug-likeness (QED) is 0.904. The molecule has 126 valence electrons. The topological polar surface area (TPSA) is 58.6 Å². The summed E-state index contributed by atoms with van der Waals surface area (Å²) in [4.78, 5) is 12.4. The molecular formula is C18H17F2NO3. The Kier molecular flexibility index (Phi) is 4.49. The lowest BCUT2D eigenvalue weighted by atomic mass is 9.98. The van der Waals surface area contributed by atoms with Crippen LogP contribution in [0.5, 0.6) is 5.75 Å². The molecule has 1 amide bonds. The van der Waals surface area contributed by atoms with Crippen LogP contribution in [0.25, 0.3) is 0 Å². The van der Waals surface area contributed by atoms with Crippen molar-refractivity contribution in [2.24, 2.45) is 0 Å². The van der Waals surface area contributed by atoms with Crippen LogP contribution >= 0.6 is 0 Å². The summed E-state index contributed by atoms with van der Waals surface area (Å²) in [5.41, 5.74) is 0.995. The minimum absolute atomic E-state index is 0.199. The number of rotatable bonds is 4. The van der Waals surface area contributed by atoms with Crippen LogP contribution in [0.3, 0.4) is 0 Å². The number of nitrogens with one attached hydrogen (secondary N) is 1. The second-order valence-electron chi connectivity index (χ2n) is 5.82. The van der Waals surface area contributed by atoms with Crippen molar-refractivity contribution in [1.29, 1.82) is 0 Å². The number of aliphatic hydroxyl groups is 1. The van der Waals surface area contributed by atoms with E-state index in [-0.39, 0.29) is 18.1 Å². The maximum absolute atomic E-state index is 13.3. The average molecular weight is 333 g/mol. The van der Waals surface area contributed by atoms with Crippen LogP contribution in [0.2, 0.25) is 0 Å². The molecule has 1 aliphatic heterocycles. The fourth-order valence-corrected chi connectivity index (χ4v) is 2.77. The van der Waals surface area contributed by atoms with E-state index in [1.807, 2.05) is 18.2 Å². The molecule has 0 radical (unpaired) electrons. The zero-order valence-corrected chi connectivity index (χ0v) is 13.0. The highest BCUT2D eigenvalue weighted by molar-refractivity contribution is 5.85. The summed E-state index contributed by atoms with van der Waals surface area (Å²) in [6, 6.07) is 9.77.